The Labute approximate surface area is 110 Å². The van der Waals surface area contributed by atoms with Gasteiger partial charge in [-0.1, -0.05) is 6.92 Å². The van der Waals surface area contributed by atoms with Crippen LogP contribution in [0.5, 0.6) is 0 Å². The summed E-state index contributed by atoms with van der Waals surface area (Å²) in [5.74, 6) is 1.04. The highest BCUT2D eigenvalue weighted by molar-refractivity contribution is 5.28. The third-order valence-corrected chi connectivity index (χ3v) is 3.49. The van der Waals surface area contributed by atoms with Gasteiger partial charge in [0.15, 0.2) is 0 Å². The number of hydrogen-bond acceptors (Lipinski definition) is 3. The summed E-state index contributed by atoms with van der Waals surface area (Å²) >= 11 is 0. The summed E-state index contributed by atoms with van der Waals surface area (Å²) in [5, 5.41) is 3.47. The molecule has 2 heterocycles. The van der Waals surface area contributed by atoms with Gasteiger partial charge < -0.3 is 14.8 Å². The van der Waals surface area contributed by atoms with E-state index in [0.717, 1.165) is 31.2 Å². The summed E-state index contributed by atoms with van der Waals surface area (Å²) in [6, 6.07) is 0. The van der Waals surface area contributed by atoms with Crippen LogP contribution in [0.3, 0.4) is 0 Å². The van der Waals surface area contributed by atoms with E-state index < -0.39 is 0 Å². The number of hydrogen-bond donors (Lipinski definition) is 1. The molecule has 0 atom stereocenters. The number of aromatic nitrogens is 2. The van der Waals surface area contributed by atoms with E-state index in [0.29, 0.717) is 0 Å². The van der Waals surface area contributed by atoms with E-state index in [2.05, 4.69) is 39.8 Å². The molecule has 1 N–H and O–H groups in total. The highest BCUT2D eigenvalue weighted by atomic mass is 15.2. The Kier molecular flexibility index (Phi) is 5.05. The number of aryl methyl sites for hydroxylation is 2. The Hall–Kier alpha value is -1.03. The van der Waals surface area contributed by atoms with E-state index in [1.165, 1.54) is 38.9 Å². The molecule has 4 nitrogen and oxygen atoms in total. The molecule has 0 aliphatic carbocycles. The minimum Gasteiger partial charge on any atom is -0.356 e. The van der Waals surface area contributed by atoms with Gasteiger partial charge in [0, 0.05) is 19.3 Å². The van der Waals surface area contributed by atoms with Crippen LogP contribution in [-0.4, -0.2) is 40.6 Å². The van der Waals surface area contributed by atoms with Gasteiger partial charge >= 0.3 is 0 Å². The lowest BCUT2D eigenvalue weighted by molar-refractivity contribution is 0.337. The fraction of sp³-hybridized carbons (Fsp3) is 0.786. The highest BCUT2D eigenvalue weighted by Gasteiger charge is 2.10. The molecule has 1 aliphatic heterocycles. The summed E-state index contributed by atoms with van der Waals surface area (Å²) in [7, 11) is 0. The number of nitrogens with zero attached hydrogens (tertiary/aromatic N) is 3. The molecule has 0 radical (unpaired) electrons. The smallest absolute Gasteiger partial charge is 0.203 e. The summed E-state index contributed by atoms with van der Waals surface area (Å²) < 4.78 is 2.23. The van der Waals surface area contributed by atoms with Crippen molar-refractivity contribution in [3.8, 4) is 0 Å². The highest BCUT2D eigenvalue weighted by Crippen LogP contribution is 2.10. The number of imidazole rings is 1. The quantitative estimate of drug-likeness (QED) is 0.755. The van der Waals surface area contributed by atoms with Crippen molar-refractivity contribution in [2.45, 2.75) is 46.1 Å². The van der Waals surface area contributed by atoms with Gasteiger partial charge in [-0.3, -0.25) is 0 Å². The molecule has 4 heteroatoms. The zero-order valence-electron chi connectivity index (χ0n) is 11.8. The molecule has 1 fully saturated rings. The van der Waals surface area contributed by atoms with Crippen molar-refractivity contribution in [1.29, 1.82) is 0 Å². The summed E-state index contributed by atoms with van der Waals surface area (Å²) in [4.78, 5) is 7.10. The largest absolute Gasteiger partial charge is 0.356 e. The predicted octanol–water partition coefficient (Wildman–Crippen LogP) is 2.50. The van der Waals surface area contributed by atoms with Gasteiger partial charge in [0.1, 0.15) is 0 Å². The van der Waals surface area contributed by atoms with Gasteiger partial charge in [0.25, 0.3) is 0 Å². The van der Waals surface area contributed by atoms with Crippen molar-refractivity contribution in [3.05, 3.63) is 11.9 Å². The van der Waals surface area contributed by atoms with Crippen molar-refractivity contribution < 1.29 is 0 Å². The van der Waals surface area contributed by atoms with Crippen molar-refractivity contribution in [1.82, 2.24) is 14.5 Å². The van der Waals surface area contributed by atoms with E-state index >= 15 is 0 Å². The predicted molar refractivity (Wildman–Crippen MR) is 76.0 cm³/mol. The fourth-order valence-electron chi connectivity index (χ4n) is 2.61. The third kappa shape index (κ3) is 3.73. The molecule has 0 aromatic carbocycles. The van der Waals surface area contributed by atoms with Gasteiger partial charge in [0.05, 0.1) is 5.69 Å². The van der Waals surface area contributed by atoms with Crippen LogP contribution in [0.1, 0.15) is 38.3 Å². The maximum absolute atomic E-state index is 4.54. The topological polar surface area (TPSA) is 33.1 Å². The summed E-state index contributed by atoms with van der Waals surface area (Å²) in [6.45, 7) is 10.1. The Bertz CT molecular complexity index is 353. The van der Waals surface area contributed by atoms with Crippen LogP contribution >= 0.6 is 0 Å². The van der Waals surface area contributed by atoms with Crippen LogP contribution in [0, 0.1) is 6.92 Å². The minimum absolute atomic E-state index is 1.02. The number of nitrogens with one attached hydrogen (secondary N) is 1. The Morgan fingerprint density at radius 3 is 2.78 bits per heavy atom. The van der Waals surface area contributed by atoms with Gasteiger partial charge in [-0.15, -0.1) is 0 Å². The first-order valence-electron chi connectivity index (χ1n) is 7.29. The van der Waals surface area contributed by atoms with Crippen LogP contribution in [-0.2, 0) is 6.54 Å². The first-order chi connectivity index (χ1) is 8.79. The normalized spacial score (nSPS) is 16.3. The van der Waals surface area contributed by atoms with E-state index in [-0.39, 0.29) is 0 Å². The number of likely N-dealkylation sites (tertiary alicyclic amines) is 1. The lowest BCUT2D eigenvalue weighted by atomic mass is 10.4. The van der Waals surface area contributed by atoms with Crippen molar-refractivity contribution >= 4 is 5.95 Å². The molecule has 18 heavy (non-hydrogen) atoms. The fourth-order valence-corrected chi connectivity index (χ4v) is 2.61. The molecule has 1 aromatic rings. The third-order valence-electron chi connectivity index (χ3n) is 3.49. The number of anilines is 1. The molecular formula is C14H26N4. The van der Waals surface area contributed by atoms with Crippen molar-refractivity contribution in [3.63, 3.8) is 0 Å². The molecule has 1 aliphatic rings. The van der Waals surface area contributed by atoms with E-state index in [1.54, 1.807) is 0 Å². The first kappa shape index (κ1) is 13.4. The van der Waals surface area contributed by atoms with E-state index in [4.69, 9.17) is 0 Å². The monoisotopic (exact) mass is 250 g/mol. The molecule has 1 aromatic heterocycles. The van der Waals surface area contributed by atoms with Crippen LogP contribution in [0.4, 0.5) is 5.95 Å². The maximum atomic E-state index is 4.54. The van der Waals surface area contributed by atoms with E-state index in [1.807, 2.05) is 0 Å². The molecule has 1 saturated heterocycles. The van der Waals surface area contributed by atoms with Gasteiger partial charge in [-0.25, -0.2) is 4.98 Å². The first-order valence-corrected chi connectivity index (χ1v) is 7.29. The van der Waals surface area contributed by atoms with Crippen molar-refractivity contribution in [2.75, 3.05) is 31.5 Å². The van der Waals surface area contributed by atoms with Crippen molar-refractivity contribution in [2.24, 2.45) is 0 Å². The molecule has 0 saturated carbocycles. The molecule has 0 unspecified atom stereocenters. The molecule has 2 rings (SSSR count). The van der Waals surface area contributed by atoms with Crippen LogP contribution in [0.15, 0.2) is 6.20 Å². The standard InChI is InChI=1S/C14H26N4/c1-3-8-18-12-13(2)16-14(18)15-7-6-11-17-9-4-5-10-17/h12H,3-11H2,1-2H3,(H,15,16). The van der Waals surface area contributed by atoms with Gasteiger partial charge in [0.2, 0.25) is 5.95 Å². The average Bonchev–Trinajstić information content (AvgIpc) is 2.96. The second-order valence-corrected chi connectivity index (χ2v) is 5.23. The van der Waals surface area contributed by atoms with E-state index in [9.17, 15) is 0 Å². The van der Waals surface area contributed by atoms with Crippen LogP contribution in [0.2, 0.25) is 0 Å². The zero-order chi connectivity index (χ0) is 12.8. The van der Waals surface area contributed by atoms with Crippen LogP contribution in [0.25, 0.3) is 0 Å². The molecule has 0 spiro atoms. The Morgan fingerprint density at radius 1 is 1.28 bits per heavy atom. The number of rotatable bonds is 7. The lowest BCUT2D eigenvalue weighted by Gasteiger charge is -2.14. The Balaban J connectivity index is 1.71. The lowest BCUT2D eigenvalue weighted by Crippen LogP contribution is -2.22. The summed E-state index contributed by atoms with van der Waals surface area (Å²) in [5.41, 5.74) is 1.10. The molecule has 0 amide bonds. The van der Waals surface area contributed by atoms with Gasteiger partial charge in [-0.2, -0.15) is 0 Å². The van der Waals surface area contributed by atoms with Gasteiger partial charge in [-0.05, 0) is 52.2 Å². The zero-order valence-corrected chi connectivity index (χ0v) is 11.8. The average molecular weight is 250 g/mol. The maximum Gasteiger partial charge on any atom is 0.203 e. The van der Waals surface area contributed by atoms with Crippen LogP contribution < -0.4 is 5.32 Å². The Morgan fingerprint density at radius 2 is 2.06 bits per heavy atom. The second kappa shape index (κ2) is 6.78. The molecular weight excluding hydrogens is 224 g/mol. The molecule has 102 valence electrons. The molecule has 0 bridgehead atoms. The summed E-state index contributed by atoms with van der Waals surface area (Å²) in [6.07, 6.45) is 7.25. The second-order valence-electron chi connectivity index (χ2n) is 5.23. The SMILES string of the molecule is CCCn1cc(C)nc1NCCCN1CCCC1. The minimum atomic E-state index is 1.02.